The third-order valence-electron chi connectivity index (χ3n) is 3.99. The molecule has 0 atom stereocenters. The molecule has 0 saturated carbocycles. The van der Waals surface area contributed by atoms with Gasteiger partial charge in [0.2, 0.25) is 0 Å². The van der Waals surface area contributed by atoms with Crippen LogP contribution in [0.15, 0.2) is 18.3 Å². The summed E-state index contributed by atoms with van der Waals surface area (Å²) >= 11 is 0. The fourth-order valence-electron chi connectivity index (χ4n) is 2.42. The second kappa shape index (κ2) is 8.10. The first kappa shape index (κ1) is 16.7. The van der Waals surface area contributed by atoms with Crippen LogP contribution in [0.25, 0.3) is 0 Å². The van der Waals surface area contributed by atoms with Crippen LogP contribution in [0.5, 0.6) is 0 Å². The van der Waals surface area contributed by atoms with E-state index in [1.54, 1.807) is 19.4 Å². The van der Waals surface area contributed by atoms with Gasteiger partial charge in [-0.15, -0.1) is 0 Å². The monoisotopic (exact) mass is 307 g/mol. The van der Waals surface area contributed by atoms with E-state index in [-0.39, 0.29) is 11.5 Å². The number of rotatable bonds is 7. The first-order valence-electron chi connectivity index (χ1n) is 7.80. The van der Waals surface area contributed by atoms with Gasteiger partial charge in [-0.2, -0.15) is 0 Å². The summed E-state index contributed by atoms with van der Waals surface area (Å²) in [5.74, 6) is 0.661. The van der Waals surface area contributed by atoms with Gasteiger partial charge in [-0.05, 0) is 18.6 Å². The second-order valence-corrected chi connectivity index (χ2v) is 5.54. The molecule has 2 rings (SSSR count). The van der Waals surface area contributed by atoms with Crippen molar-refractivity contribution in [3.63, 3.8) is 0 Å². The molecule has 22 heavy (non-hydrogen) atoms. The second-order valence-electron chi connectivity index (χ2n) is 5.54. The molecule has 2 N–H and O–H groups in total. The van der Waals surface area contributed by atoms with E-state index in [0.717, 1.165) is 38.3 Å². The quantitative estimate of drug-likeness (QED) is 0.804. The maximum Gasteiger partial charge on any atom is 0.252 e. The van der Waals surface area contributed by atoms with Gasteiger partial charge < -0.3 is 20.1 Å². The number of pyridine rings is 1. The number of carbonyl (C=O) groups is 1. The van der Waals surface area contributed by atoms with E-state index in [1.165, 1.54) is 0 Å². The molecule has 0 bridgehead atoms. The molecular weight excluding hydrogens is 282 g/mol. The highest BCUT2D eigenvalue weighted by Gasteiger charge is 2.32. The molecule has 1 aliphatic heterocycles. The van der Waals surface area contributed by atoms with Crippen LogP contribution in [0.4, 0.5) is 5.82 Å². The number of nitrogens with one attached hydrogen (secondary N) is 2. The Morgan fingerprint density at radius 3 is 2.77 bits per heavy atom. The van der Waals surface area contributed by atoms with Crippen LogP contribution < -0.4 is 10.6 Å². The maximum absolute atomic E-state index is 11.8. The number of ether oxygens (including phenoxy) is 2. The topological polar surface area (TPSA) is 72.5 Å². The lowest BCUT2D eigenvalue weighted by atomic mass is 9.94. The Bertz CT molecular complexity index is 470. The van der Waals surface area contributed by atoms with Crippen LogP contribution in [0.1, 0.15) is 36.5 Å². The summed E-state index contributed by atoms with van der Waals surface area (Å²) in [5, 5.41) is 6.13. The summed E-state index contributed by atoms with van der Waals surface area (Å²) in [6.45, 7) is 4.82. The minimum absolute atomic E-state index is 0.0845. The standard InChI is InChI=1S/C16H25N3O3/c1-3-8-17-15(20)13-4-5-14(18-11-13)19-12-16(21-2)6-9-22-10-7-16/h4-5,11H,3,6-10,12H2,1-2H3,(H,17,20)(H,18,19). The van der Waals surface area contributed by atoms with E-state index in [1.807, 2.05) is 13.0 Å². The predicted octanol–water partition coefficient (Wildman–Crippen LogP) is 1.83. The van der Waals surface area contributed by atoms with E-state index < -0.39 is 0 Å². The average Bonchev–Trinajstić information content (AvgIpc) is 2.59. The molecule has 6 heteroatoms. The summed E-state index contributed by atoms with van der Waals surface area (Å²) in [6, 6.07) is 3.60. The maximum atomic E-state index is 11.8. The van der Waals surface area contributed by atoms with E-state index >= 15 is 0 Å². The van der Waals surface area contributed by atoms with E-state index in [0.29, 0.717) is 18.7 Å². The van der Waals surface area contributed by atoms with Crippen LogP contribution in [0, 0.1) is 0 Å². The van der Waals surface area contributed by atoms with Gasteiger partial charge >= 0.3 is 0 Å². The predicted molar refractivity (Wildman–Crippen MR) is 85.1 cm³/mol. The number of methoxy groups -OCH3 is 1. The molecule has 0 spiro atoms. The van der Waals surface area contributed by atoms with Gasteiger partial charge in [0, 0.05) is 52.5 Å². The van der Waals surface area contributed by atoms with Crippen LogP contribution in [0.2, 0.25) is 0 Å². The smallest absolute Gasteiger partial charge is 0.252 e. The van der Waals surface area contributed by atoms with Crippen molar-refractivity contribution in [2.24, 2.45) is 0 Å². The first-order valence-corrected chi connectivity index (χ1v) is 7.80. The molecule has 0 unspecified atom stereocenters. The number of aromatic nitrogens is 1. The van der Waals surface area contributed by atoms with Crippen molar-refractivity contribution in [1.82, 2.24) is 10.3 Å². The highest BCUT2D eigenvalue weighted by atomic mass is 16.5. The fourth-order valence-corrected chi connectivity index (χ4v) is 2.42. The molecule has 1 aromatic heterocycles. The molecular formula is C16H25N3O3. The summed E-state index contributed by atoms with van der Waals surface area (Å²) in [5.41, 5.74) is 0.378. The molecule has 1 aromatic rings. The third-order valence-corrected chi connectivity index (χ3v) is 3.99. The summed E-state index contributed by atoms with van der Waals surface area (Å²) in [7, 11) is 1.74. The van der Waals surface area contributed by atoms with Crippen LogP contribution in [0.3, 0.4) is 0 Å². The van der Waals surface area contributed by atoms with Crippen molar-refractivity contribution in [3.8, 4) is 0 Å². The molecule has 1 fully saturated rings. The minimum atomic E-state index is -0.197. The van der Waals surface area contributed by atoms with Gasteiger partial charge in [-0.1, -0.05) is 6.92 Å². The van der Waals surface area contributed by atoms with Crippen molar-refractivity contribution in [1.29, 1.82) is 0 Å². The van der Waals surface area contributed by atoms with Crippen LogP contribution in [-0.2, 0) is 9.47 Å². The van der Waals surface area contributed by atoms with Crippen molar-refractivity contribution in [2.75, 3.05) is 38.7 Å². The molecule has 1 amide bonds. The molecule has 0 aliphatic carbocycles. The SMILES string of the molecule is CCCNC(=O)c1ccc(NCC2(OC)CCOCC2)nc1. The summed E-state index contributed by atoms with van der Waals surface area (Å²) in [6.07, 6.45) is 4.25. The number of carbonyl (C=O) groups excluding carboxylic acids is 1. The molecule has 0 radical (unpaired) electrons. The first-order chi connectivity index (χ1) is 10.7. The Morgan fingerprint density at radius 2 is 2.18 bits per heavy atom. The molecule has 2 heterocycles. The van der Waals surface area contributed by atoms with Gasteiger partial charge in [0.15, 0.2) is 0 Å². The lowest BCUT2D eigenvalue weighted by Crippen LogP contribution is -2.44. The Morgan fingerprint density at radius 1 is 1.41 bits per heavy atom. The highest BCUT2D eigenvalue weighted by molar-refractivity contribution is 5.93. The zero-order chi connectivity index (χ0) is 15.8. The Balaban J connectivity index is 1.89. The van der Waals surface area contributed by atoms with E-state index in [4.69, 9.17) is 9.47 Å². The number of nitrogens with zero attached hydrogens (tertiary/aromatic N) is 1. The zero-order valence-electron chi connectivity index (χ0n) is 13.4. The van der Waals surface area contributed by atoms with Crippen LogP contribution in [-0.4, -0.2) is 49.9 Å². The van der Waals surface area contributed by atoms with Gasteiger partial charge in [-0.3, -0.25) is 4.79 Å². The Kier molecular flexibility index (Phi) is 6.15. The number of anilines is 1. The van der Waals surface area contributed by atoms with Crippen molar-refractivity contribution >= 4 is 11.7 Å². The summed E-state index contributed by atoms with van der Waals surface area (Å²) < 4.78 is 11.1. The van der Waals surface area contributed by atoms with Gasteiger partial charge in [0.25, 0.3) is 5.91 Å². The molecule has 1 saturated heterocycles. The molecule has 0 aromatic carbocycles. The van der Waals surface area contributed by atoms with Crippen LogP contribution >= 0.6 is 0 Å². The molecule has 1 aliphatic rings. The van der Waals surface area contributed by atoms with Gasteiger partial charge in [0.05, 0.1) is 11.2 Å². The fraction of sp³-hybridized carbons (Fsp3) is 0.625. The lowest BCUT2D eigenvalue weighted by Gasteiger charge is -2.36. The highest BCUT2D eigenvalue weighted by Crippen LogP contribution is 2.24. The van der Waals surface area contributed by atoms with Crippen molar-refractivity contribution in [2.45, 2.75) is 31.8 Å². The van der Waals surface area contributed by atoms with Crippen molar-refractivity contribution in [3.05, 3.63) is 23.9 Å². The Hall–Kier alpha value is -1.66. The molecule has 122 valence electrons. The number of hydrogen-bond acceptors (Lipinski definition) is 5. The van der Waals surface area contributed by atoms with E-state index in [9.17, 15) is 4.79 Å². The van der Waals surface area contributed by atoms with E-state index in [2.05, 4.69) is 15.6 Å². The normalized spacial score (nSPS) is 17.0. The zero-order valence-corrected chi connectivity index (χ0v) is 13.4. The number of amides is 1. The third kappa shape index (κ3) is 4.42. The number of hydrogen-bond donors (Lipinski definition) is 2. The minimum Gasteiger partial charge on any atom is -0.381 e. The lowest BCUT2D eigenvalue weighted by molar-refractivity contribution is -0.0807. The Labute approximate surface area is 131 Å². The van der Waals surface area contributed by atoms with Crippen molar-refractivity contribution < 1.29 is 14.3 Å². The average molecular weight is 307 g/mol. The summed E-state index contributed by atoms with van der Waals surface area (Å²) in [4.78, 5) is 16.1. The largest absolute Gasteiger partial charge is 0.381 e. The molecule has 6 nitrogen and oxygen atoms in total. The van der Waals surface area contributed by atoms with Gasteiger partial charge in [0.1, 0.15) is 5.82 Å². The van der Waals surface area contributed by atoms with Gasteiger partial charge in [-0.25, -0.2) is 4.98 Å².